The maximum Gasteiger partial charge on any atom is 0.257 e. The van der Waals surface area contributed by atoms with Crippen LogP contribution in [0.15, 0.2) is 78.9 Å². The van der Waals surface area contributed by atoms with Crippen LogP contribution in [0.4, 0.5) is 17.1 Å². The molecule has 0 radical (unpaired) electrons. The van der Waals surface area contributed by atoms with Gasteiger partial charge in [0, 0.05) is 18.7 Å². The first-order valence-corrected chi connectivity index (χ1v) is 10.2. The first kappa shape index (κ1) is 20.6. The third-order valence-corrected chi connectivity index (χ3v) is 5.44. The molecule has 1 fully saturated rings. The quantitative estimate of drug-likeness (QED) is 0.618. The van der Waals surface area contributed by atoms with Gasteiger partial charge in [-0.25, -0.2) is 0 Å². The molecule has 1 heterocycles. The van der Waals surface area contributed by atoms with Gasteiger partial charge in [-0.15, -0.1) is 0 Å². The molecule has 1 saturated heterocycles. The van der Waals surface area contributed by atoms with E-state index in [0.717, 1.165) is 5.69 Å². The van der Waals surface area contributed by atoms with Gasteiger partial charge in [-0.1, -0.05) is 54.1 Å². The van der Waals surface area contributed by atoms with Crippen LogP contribution < -0.4 is 15.5 Å². The zero-order chi connectivity index (χ0) is 21.8. The Morgan fingerprint density at radius 1 is 0.839 bits per heavy atom. The van der Waals surface area contributed by atoms with Crippen LogP contribution >= 0.6 is 11.6 Å². The van der Waals surface area contributed by atoms with Gasteiger partial charge in [0.05, 0.1) is 27.9 Å². The highest BCUT2D eigenvalue weighted by molar-refractivity contribution is 6.34. The van der Waals surface area contributed by atoms with E-state index in [1.165, 1.54) is 0 Å². The van der Waals surface area contributed by atoms with Crippen molar-refractivity contribution in [3.63, 3.8) is 0 Å². The van der Waals surface area contributed by atoms with E-state index in [4.69, 9.17) is 11.6 Å². The van der Waals surface area contributed by atoms with Gasteiger partial charge in [-0.3, -0.25) is 14.4 Å². The van der Waals surface area contributed by atoms with Crippen molar-refractivity contribution in [3.8, 4) is 0 Å². The van der Waals surface area contributed by atoms with Crippen molar-refractivity contribution in [3.05, 3.63) is 89.4 Å². The molecule has 2 N–H and O–H groups in total. The molecule has 31 heavy (non-hydrogen) atoms. The third-order valence-electron chi connectivity index (χ3n) is 5.12. The van der Waals surface area contributed by atoms with E-state index in [1.54, 1.807) is 53.4 Å². The van der Waals surface area contributed by atoms with Crippen LogP contribution in [0.25, 0.3) is 0 Å². The minimum Gasteiger partial charge on any atom is -0.325 e. The fourth-order valence-corrected chi connectivity index (χ4v) is 3.70. The second-order valence-electron chi connectivity index (χ2n) is 7.21. The lowest BCUT2D eigenvalue weighted by Crippen LogP contribution is -2.28. The summed E-state index contributed by atoms with van der Waals surface area (Å²) in [5, 5.41) is 5.99. The summed E-state index contributed by atoms with van der Waals surface area (Å²) in [7, 11) is 0. The van der Waals surface area contributed by atoms with Gasteiger partial charge in [0.15, 0.2) is 0 Å². The molecule has 156 valence electrons. The van der Waals surface area contributed by atoms with Gasteiger partial charge >= 0.3 is 0 Å². The number of para-hydroxylation sites is 3. The van der Waals surface area contributed by atoms with Crippen molar-refractivity contribution < 1.29 is 14.4 Å². The van der Waals surface area contributed by atoms with Crippen LogP contribution in [-0.4, -0.2) is 24.3 Å². The van der Waals surface area contributed by atoms with Crippen LogP contribution in [0.1, 0.15) is 16.8 Å². The lowest BCUT2D eigenvalue weighted by molar-refractivity contribution is -0.122. The Morgan fingerprint density at radius 2 is 1.48 bits per heavy atom. The Kier molecular flexibility index (Phi) is 6.00. The average molecular weight is 434 g/mol. The Hall–Kier alpha value is -3.64. The fraction of sp³-hybridized carbons (Fsp3) is 0.125. The number of halogens is 1. The molecule has 6 nitrogen and oxygen atoms in total. The average Bonchev–Trinajstić information content (AvgIpc) is 3.18. The van der Waals surface area contributed by atoms with Gasteiger partial charge in [-0.2, -0.15) is 0 Å². The second kappa shape index (κ2) is 9.02. The molecular formula is C24H20ClN3O3. The summed E-state index contributed by atoms with van der Waals surface area (Å²) in [5.74, 6) is -1.30. The zero-order valence-corrected chi connectivity index (χ0v) is 17.3. The first-order chi connectivity index (χ1) is 15.0. The first-order valence-electron chi connectivity index (χ1n) is 9.84. The molecule has 0 saturated carbocycles. The minimum absolute atomic E-state index is 0.101. The molecule has 4 rings (SSSR count). The number of amides is 3. The van der Waals surface area contributed by atoms with Crippen molar-refractivity contribution >= 4 is 46.4 Å². The van der Waals surface area contributed by atoms with E-state index in [1.807, 2.05) is 30.3 Å². The molecule has 0 bridgehead atoms. The second-order valence-corrected chi connectivity index (χ2v) is 7.62. The maximum atomic E-state index is 12.9. The third kappa shape index (κ3) is 4.59. The normalized spacial score (nSPS) is 15.6. The molecule has 3 amide bonds. The number of carbonyl (C=O) groups is 3. The molecule has 3 aromatic carbocycles. The minimum atomic E-state index is -0.507. The topological polar surface area (TPSA) is 78.5 Å². The molecule has 3 aromatic rings. The summed E-state index contributed by atoms with van der Waals surface area (Å²) >= 11 is 6.12. The molecule has 0 spiro atoms. The van der Waals surface area contributed by atoms with Crippen molar-refractivity contribution in [2.45, 2.75) is 6.42 Å². The molecule has 0 unspecified atom stereocenters. The van der Waals surface area contributed by atoms with Crippen LogP contribution in [-0.2, 0) is 9.59 Å². The summed E-state index contributed by atoms with van der Waals surface area (Å²) in [6.07, 6.45) is 0.120. The Morgan fingerprint density at radius 3 is 2.23 bits per heavy atom. The van der Waals surface area contributed by atoms with E-state index in [-0.39, 0.29) is 18.2 Å². The molecule has 1 atom stereocenters. The van der Waals surface area contributed by atoms with Gasteiger partial charge in [-0.05, 0) is 36.4 Å². The number of hydrogen-bond donors (Lipinski definition) is 2. The number of rotatable bonds is 5. The van der Waals surface area contributed by atoms with E-state index < -0.39 is 11.8 Å². The maximum absolute atomic E-state index is 12.9. The number of nitrogens with zero attached hydrogens (tertiary/aromatic N) is 1. The largest absolute Gasteiger partial charge is 0.325 e. The fourth-order valence-electron chi connectivity index (χ4n) is 3.52. The number of hydrogen-bond acceptors (Lipinski definition) is 3. The summed E-state index contributed by atoms with van der Waals surface area (Å²) in [5.41, 5.74) is 1.93. The number of nitrogens with one attached hydrogen (secondary N) is 2. The lowest BCUT2D eigenvalue weighted by Gasteiger charge is -2.17. The smallest absolute Gasteiger partial charge is 0.257 e. The highest BCUT2D eigenvalue weighted by atomic mass is 35.5. The standard InChI is InChI=1S/C24H20ClN3O3/c25-19-11-5-7-13-21(19)27-24(31)18-10-4-6-12-20(18)26-23(30)16-14-22(29)28(15-16)17-8-2-1-3-9-17/h1-13,16H,14-15H2,(H,26,30)(H,27,31)/t16-/m0/s1. The number of anilines is 3. The Labute approximate surface area is 184 Å². The van der Waals surface area contributed by atoms with Crippen molar-refractivity contribution in [1.82, 2.24) is 0 Å². The summed E-state index contributed by atoms with van der Waals surface area (Å²) in [6, 6.07) is 22.9. The molecular weight excluding hydrogens is 414 g/mol. The van der Waals surface area contributed by atoms with Crippen molar-refractivity contribution in [2.24, 2.45) is 5.92 Å². The van der Waals surface area contributed by atoms with E-state index in [2.05, 4.69) is 10.6 Å². The Balaban J connectivity index is 1.48. The molecule has 0 aromatic heterocycles. The van der Waals surface area contributed by atoms with E-state index >= 15 is 0 Å². The van der Waals surface area contributed by atoms with Crippen LogP contribution in [0.2, 0.25) is 5.02 Å². The van der Waals surface area contributed by atoms with Crippen LogP contribution in [0, 0.1) is 5.92 Å². The predicted molar refractivity (Wildman–Crippen MR) is 121 cm³/mol. The lowest BCUT2D eigenvalue weighted by atomic mass is 10.1. The van der Waals surface area contributed by atoms with E-state index in [0.29, 0.717) is 28.5 Å². The highest BCUT2D eigenvalue weighted by Crippen LogP contribution is 2.27. The Bertz CT molecular complexity index is 1130. The van der Waals surface area contributed by atoms with Crippen molar-refractivity contribution in [1.29, 1.82) is 0 Å². The zero-order valence-electron chi connectivity index (χ0n) is 16.5. The van der Waals surface area contributed by atoms with Gasteiger partial charge in [0.25, 0.3) is 5.91 Å². The predicted octanol–water partition coefficient (Wildman–Crippen LogP) is 4.58. The molecule has 0 aliphatic carbocycles. The number of benzene rings is 3. The SMILES string of the molecule is O=C(Nc1ccccc1Cl)c1ccccc1NC(=O)[C@H]1CC(=O)N(c2ccccc2)C1. The van der Waals surface area contributed by atoms with Crippen LogP contribution in [0.3, 0.4) is 0 Å². The van der Waals surface area contributed by atoms with Gasteiger partial charge in [0.2, 0.25) is 11.8 Å². The molecule has 1 aliphatic heterocycles. The summed E-state index contributed by atoms with van der Waals surface area (Å²) in [6.45, 7) is 0.294. The highest BCUT2D eigenvalue weighted by Gasteiger charge is 2.35. The monoisotopic (exact) mass is 433 g/mol. The van der Waals surface area contributed by atoms with Crippen molar-refractivity contribution in [2.75, 3.05) is 22.1 Å². The van der Waals surface area contributed by atoms with Crippen LogP contribution in [0.5, 0.6) is 0 Å². The molecule has 7 heteroatoms. The van der Waals surface area contributed by atoms with Gasteiger partial charge in [0.1, 0.15) is 0 Å². The van der Waals surface area contributed by atoms with E-state index in [9.17, 15) is 14.4 Å². The summed E-state index contributed by atoms with van der Waals surface area (Å²) in [4.78, 5) is 39.7. The number of carbonyl (C=O) groups excluding carboxylic acids is 3. The summed E-state index contributed by atoms with van der Waals surface area (Å²) < 4.78 is 0. The van der Waals surface area contributed by atoms with Gasteiger partial charge < -0.3 is 15.5 Å². The molecule has 1 aliphatic rings.